The van der Waals surface area contributed by atoms with E-state index in [-0.39, 0.29) is 12.4 Å². The number of nitrogens with one attached hydrogen (secondary N) is 2. The molecule has 166 valence electrons. The zero-order valence-corrected chi connectivity index (χ0v) is 17.4. The molecular formula is C25H20N2O6. The molecule has 0 atom stereocenters. The molecule has 3 aromatic carbocycles. The Balaban J connectivity index is 1.39. The monoisotopic (exact) mass is 444 g/mol. The number of carbonyl (C=O) groups is 3. The van der Waals surface area contributed by atoms with E-state index < -0.39 is 24.4 Å². The second kappa shape index (κ2) is 10.1. The van der Waals surface area contributed by atoms with Crippen molar-refractivity contribution >= 4 is 28.8 Å². The molecule has 2 N–H and O–H groups in total. The minimum absolute atomic E-state index is 0.0479. The number of benzene rings is 3. The number of amides is 2. The number of carbonyl (C=O) groups excluding carboxylic acids is 3. The highest BCUT2D eigenvalue weighted by Gasteiger charge is 2.23. The fourth-order valence-corrected chi connectivity index (χ4v) is 3.10. The smallest absolute Gasteiger partial charge is 0.375 e. The minimum atomic E-state index is -0.817. The number of rotatable bonds is 7. The third-order valence-corrected chi connectivity index (χ3v) is 4.70. The molecule has 4 aromatic rings. The Morgan fingerprint density at radius 1 is 0.788 bits per heavy atom. The van der Waals surface area contributed by atoms with Crippen LogP contribution in [0, 0.1) is 0 Å². The van der Waals surface area contributed by atoms with Crippen LogP contribution in [0.2, 0.25) is 0 Å². The quantitative estimate of drug-likeness (QED) is 0.333. The fraction of sp³-hybridized carbons (Fsp3) is 0.0800. The number of ether oxygens (including phenoxy) is 2. The zero-order valence-electron chi connectivity index (χ0n) is 17.4. The van der Waals surface area contributed by atoms with Gasteiger partial charge in [0.1, 0.15) is 17.9 Å². The second-order valence-corrected chi connectivity index (χ2v) is 6.95. The Kier molecular flexibility index (Phi) is 6.65. The van der Waals surface area contributed by atoms with Gasteiger partial charge in [-0.1, -0.05) is 54.6 Å². The molecule has 0 radical (unpaired) electrons. The van der Waals surface area contributed by atoms with E-state index in [1.807, 2.05) is 30.3 Å². The van der Waals surface area contributed by atoms with E-state index in [9.17, 15) is 14.4 Å². The molecule has 0 aliphatic carbocycles. The van der Waals surface area contributed by atoms with Crippen LogP contribution in [0.1, 0.15) is 26.5 Å². The molecule has 0 fully saturated rings. The van der Waals surface area contributed by atoms with E-state index in [1.54, 1.807) is 54.6 Å². The molecule has 1 aromatic heterocycles. The molecule has 8 heteroatoms. The molecule has 2 amide bonds. The lowest BCUT2D eigenvalue weighted by Gasteiger charge is -2.09. The average molecular weight is 444 g/mol. The van der Waals surface area contributed by atoms with Gasteiger partial charge in [-0.3, -0.25) is 20.4 Å². The highest BCUT2D eigenvalue weighted by Crippen LogP contribution is 2.28. The van der Waals surface area contributed by atoms with Crippen molar-refractivity contribution in [2.24, 2.45) is 0 Å². The summed E-state index contributed by atoms with van der Waals surface area (Å²) in [6.45, 7) is -0.533. The molecule has 0 spiro atoms. The Labute approximate surface area is 189 Å². The third kappa shape index (κ3) is 5.37. The number of hydrazine groups is 1. The van der Waals surface area contributed by atoms with Gasteiger partial charge in [0.2, 0.25) is 5.76 Å². The fourth-order valence-electron chi connectivity index (χ4n) is 3.10. The van der Waals surface area contributed by atoms with Gasteiger partial charge in [-0.05, 0) is 30.3 Å². The predicted octanol–water partition coefficient (Wildman–Crippen LogP) is 3.63. The first-order chi connectivity index (χ1) is 16.1. The summed E-state index contributed by atoms with van der Waals surface area (Å²) in [5.41, 5.74) is 5.85. The number of hydrogen-bond donors (Lipinski definition) is 2. The normalized spacial score (nSPS) is 10.4. The summed E-state index contributed by atoms with van der Waals surface area (Å²) in [6, 6.07) is 24.7. The molecule has 0 saturated carbocycles. The van der Waals surface area contributed by atoms with Crippen LogP contribution in [0.5, 0.6) is 5.75 Å². The topological polar surface area (TPSA) is 107 Å². The van der Waals surface area contributed by atoms with E-state index in [2.05, 4.69) is 10.9 Å². The molecule has 1 heterocycles. The lowest BCUT2D eigenvalue weighted by atomic mass is 10.1. The van der Waals surface area contributed by atoms with E-state index in [4.69, 9.17) is 13.9 Å². The van der Waals surface area contributed by atoms with Gasteiger partial charge in [0.05, 0.1) is 5.56 Å². The average Bonchev–Trinajstić information content (AvgIpc) is 3.24. The number of para-hydroxylation sites is 2. The van der Waals surface area contributed by atoms with E-state index in [0.717, 1.165) is 0 Å². The van der Waals surface area contributed by atoms with Crippen molar-refractivity contribution in [3.63, 3.8) is 0 Å². The van der Waals surface area contributed by atoms with Gasteiger partial charge < -0.3 is 13.9 Å². The van der Waals surface area contributed by atoms with Gasteiger partial charge in [-0.15, -0.1) is 0 Å². The van der Waals surface area contributed by atoms with Crippen molar-refractivity contribution in [1.82, 2.24) is 10.9 Å². The summed E-state index contributed by atoms with van der Waals surface area (Å²) in [5, 5.41) is 0.708. The third-order valence-electron chi connectivity index (χ3n) is 4.70. The SMILES string of the molecule is O=C(COC(=O)c1oc2ccccc2c1COc1ccccc1)NNC(=O)c1ccccc1. The number of fused-ring (bicyclic) bond motifs is 1. The van der Waals surface area contributed by atoms with Gasteiger partial charge in [0, 0.05) is 10.9 Å². The number of furan rings is 1. The molecular weight excluding hydrogens is 424 g/mol. The van der Waals surface area contributed by atoms with Crippen molar-refractivity contribution in [2.45, 2.75) is 6.61 Å². The number of esters is 1. The summed E-state index contributed by atoms with van der Waals surface area (Å²) in [5.74, 6) is -1.43. The molecule has 0 saturated heterocycles. The van der Waals surface area contributed by atoms with Crippen molar-refractivity contribution in [3.8, 4) is 5.75 Å². The van der Waals surface area contributed by atoms with E-state index in [1.165, 1.54) is 0 Å². The Bertz CT molecular complexity index is 1270. The number of hydrogen-bond acceptors (Lipinski definition) is 6. The Morgan fingerprint density at radius 3 is 2.21 bits per heavy atom. The Hall–Kier alpha value is -4.59. The highest BCUT2D eigenvalue weighted by molar-refractivity contribution is 5.97. The maximum atomic E-state index is 12.7. The molecule has 33 heavy (non-hydrogen) atoms. The summed E-state index contributed by atoms with van der Waals surface area (Å²) in [6.07, 6.45) is 0. The van der Waals surface area contributed by atoms with Crippen LogP contribution in [-0.4, -0.2) is 24.4 Å². The summed E-state index contributed by atoms with van der Waals surface area (Å²) < 4.78 is 16.6. The van der Waals surface area contributed by atoms with Gasteiger partial charge in [0.25, 0.3) is 11.8 Å². The molecule has 0 bridgehead atoms. The van der Waals surface area contributed by atoms with E-state index in [0.29, 0.717) is 27.8 Å². The second-order valence-electron chi connectivity index (χ2n) is 6.95. The van der Waals surface area contributed by atoms with Crippen LogP contribution in [0.3, 0.4) is 0 Å². The summed E-state index contributed by atoms with van der Waals surface area (Å²) in [7, 11) is 0. The van der Waals surface area contributed by atoms with Crippen LogP contribution in [0.4, 0.5) is 0 Å². The van der Waals surface area contributed by atoms with Crippen molar-refractivity contribution < 1.29 is 28.3 Å². The zero-order chi connectivity index (χ0) is 23.0. The first-order valence-corrected chi connectivity index (χ1v) is 10.1. The van der Waals surface area contributed by atoms with Crippen molar-refractivity contribution in [1.29, 1.82) is 0 Å². The van der Waals surface area contributed by atoms with Crippen LogP contribution >= 0.6 is 0 Å². The highest BCUT2D eigenvalue weighted by atomic mass is 16.5. The lowest BCUT2D eigenvalue weighted by molar-refractivity contribution is -0.125. The van der Waals surface area contributed by atoms with Crippen LogP contribution in [0.25, 0.3) is 11.0 Å². The van der Waals surface area contributed by atoms with Crippen LogP contribution < -0.4 is 15.6 Å². The first kappa shape index (κ1) is 21.6. The van der Waals surface area contributed by atoms with Gasteiger partial charge in [-0.2, -0.15) is 0 Å². The standard InChI is InChI=1S/C25H20N2O6/c28-22(26-27-24(29)17-9-3-1-4-10-17)16-32-25(30)23-20(15-31-18-11-5-2-6-12-18)19-13-7-8-14-21(19)33-23/h1-14H,15-16H2,(H,26,28)(H,27,29). The molecule has 4 rings (SSSR count). The van der Waals surface area contributed by atoms with Gasteiger partial charge >= 0.3 is 5.97 Å². The molecule has 0 aliphatic rings. The largest absolute Gasteiger partial charge is 0.489 e. The summed E-state index contributed by atoms with van der Waals surface area (Å²) in [4.78, 5) is 36.7. The van der Waals surface area contributed by atoms with Gasteiger partial charge in [-0.25, -0.2) is 4.79 Å². The maximum absolute atomic E-state index is 12.7. The maximum Gasteiger partial charge on any atom is 0.375 e. The lowest BCUT2D eigenvalue weighted by Crippen LogP contribution is -2.43. The van der Waals surface area contributed by atoms with Crippen molar-refractivity contribution in [3.05, 3.63) is 102 Å². The predicted molar refractivity (Wildman–Crippen MR) is 119 cm³/mol. The first-order valence-electron chi connectivity index (χ1n) is 10.1. The Morgan fingerprint density at radius 2 is 1.45 bits per heavy atom. The van der Waals surface area contributed by atoms with Crippen LogP contribution in [0.15, 0.2) is 89.3 Å². The minimum Gasteiger partial charge on any atom is -0.489 e. The summed E-state index contributed by atoms with van der Waals surface area (Å²) >= 11 is 0. The molecule has 0 unspecified atom stereocenters. The van der Waals surface area contributed by atoms with Crippen molar-refractivity contribution in [2.75, 3.05) is 6.61 Å². The molecule has 0 aliphatic heterocycles. The molecule has 8 nitrogen and oxygen atoms in total. The van der Waals surface area contributed by atoms with Gasteiger partial charge in [0.15, 0.2) is 6.61 Å². The van der Waals surface area contributed by atoms with Crippen LogP contribution in [-0.2, 0) is 16.1 Å². The van der Waals surface area contributed by atoms with E-state index >= 15 is 0 Å².